The van der Waals surface area contributed by atoms with Crippen LogP contribution in [0.25, 0.3) is 0 Å². The quantitative estimate of drug-likeness (QED) is 0.643. The van der Waals surface area contributed by atoms with E-state index in [0.717, 1.165) is 45.3 Å². The van der Waals surface area contributed by atoms with Crippen LogP contribution in [0.5, 0.6) is 11.5 Å². The zero-order valence-corrected chi connectivity index (χ0v) is 17.5. The number of carbonyl (C=O) groups is 1. The Labute approximate surface area is 174 Å². The van der Waals surface area contributed by atoms with Gasteiger partial charge in [0.25, 0.3) is 5.91 Å². The monoisotopic (exact) mass is 396 g/mol. The summed E-state index contributed by atoms with van der Waals surface area (Å²) in [6, 6.07) is 16.1. The molecule has 0 aliphatic carbocycles. The first-order valence-electron chi connectivity index (χ1n) is 10.6. The molecule has 0 unspecified atom stereocenters. The molecule has 2 aromatic rings. The number of nitrogens with zero attached hydrogens (tertiary/aromatic N) is 1. The fourth-order valence-corrected chi connectivity index (χ4v) is 3.60. The summed E-state index contributed by atoms with van der Waals surface area (Å²) in [5.74, 6) is 1.24. The van der Waals surface area contributed by atoms with E-state index in [1.807, 2.05) is 18.2 Å². The van der Waals surface area contributed by atoms with Gasteiger partial charge in [0, 0.05) is 31.2 Å². The number of rotatable bonds is 9. The largest absolute Gasteiger partial charge is 0.493 e. The zero-order valence-electron chi connectivity index (χ0n) is 17.5. The summed E-state index contributed by atoms with van der Waals surface area (Å²) in [7, 11) is 1.60. The summed E-state index contributed by atoms with van der Waals surface area (Å²) >= 11 is 0. The van der Waals surface area contributed by atoms with E-state index in [2.05, 4.69) is 41.4 Å². The highest BCUT2D eigenvalue weighted by atomic mass is 16.5. The third-order valence-corrected chi connectivity index (χ3v) is 5.35. The Bertz CT molecular complexity index is 771. The smallest absolute Gasteiger partial charge is 0.251 e. The third kappa shape index (κ3) is 6.23. The number of methoxy groups -OCH3 is 1. The molecule has 0 spiro atoms. The van der Waals surface area contributed by atoms with Crippen molar-refractivity contribution in [1.82, 2.24) is 10.2 Å². The van der Waals surface area contributed by atoms with Crippen molar-refractivity contribution in [3.63, 3.8) is 0 Å². The van der Waals surface area contributed by atoms with Gasteiger partial charge in [-0.15, -0.1) is 0 Å². The molecule has 0 atom stereocenters. The Morgan fingerprint density at radius 2 is 1.86 bits per heavy atom. The van der Waals surface area contributed by atoms with Crippen LogP contribution in [-0.4, -0.2) is 43.7 Å². The van der Waals surface area contributed by atoms with Gasteiger partial charge in [0.1, 0.15) is 0 Å². The standard InChI is InChI=1S/C24H32N2O3/c1-3-4-16-29-22-11-10-20(17-23(22)28-2)24(27)25-21-12-14-26(15-13-21)18-19-8-6-5-7-9-19/h5-11,17,21H,3-4,12-16,18H2,1-2H3,(H,25,27). The van der Waals surface area contributed by atoms with E-state index in [9.17, 15) is 4.79 Å². The predicted molar refractivity (Wildman–Crippen MR) is 116 cm³/mol. The first-order chi connectivity index (χ1) is 14.2. The van der Waals surface area contributed by atoms with Gasteiger partial charge in [-0.1, -0.05) is 43.7 Å². The average Bonchev–Trinajstić information content (AvgIpc) is 2.76. The molecule has 0 radical (unpaired) electrons. The highest BCUT2D eigenvalue weighted by Crippen LogP contribution is 2.28. The number of ether oxygens (including phenoxy) is 2. The van der Waals surface area contributed by atoms with Gasteiger partial charge in [-0.2, -0.15) is 0 Å². The summed E-state index contributed by atoms with van der Waals surface area (Å²) in [6.45, 7) is 5.74. The van der Waals surface area contributed by atoms with Gasteiger partial charge < -0.3 is 14.8 Å². The molecule has 1 heterocycles. The van der Waals surface area contributed by atoms with Crippen molar-refractivity contribution < 1.29 is 14.3 Å². The maximum atomic E-state index is 12.7. The van der Waals surface area contributed by atoms with Gasteiger partial charge >= 0.3 is 0 Å². The number of unbranched alkanes of at least 4 members (excludes halogenated alkanes) is 1. The first-order valence-corrected chi connectivity index (χ1v) is 10.6. The third-order valence-electron chi connectivity index (χ3n) is 5.35. The second kappa shape index (κ2) is 10.9. The van der Waals surface area contributed by atoms with Crippen molar-refractivity contribution in [3.8, 4) is 11.5 Å². The van der Waals surface area contributed by atoms with Crippen LogP contribution in [0.2, 0.25) is 0 Å². The van der Waals surface area contributed by atoms with E-state index in [-0.39, 0.29) is 11.9 Å². The number of carbonyl (C=O) groups excluding carboxylic acids is 1. The zero-order chi connectivity index (χ0) is 20.5. The van der Waals surface area contributed by atoms with Gasteiger partial charge in [-0.05, 0) is 43.0 Å². The Hall–Kier alpha value is -2.53. The van der Waals surface area contributed by atoms with E-state index >= 15 is 0 Å². The van der Waals surface area contributed by atoms with Crippen LogP contribution in [0.15, 0.2) is 48.5 Å². The highest BCUT2D eigenvalue weighted by molar-refractivity contribution is 5.95. The number of hydrogen-bond acceptors (Lipinski definition) is 4. The maximum absolute atomic E-state index is 12.7. The second-order valence-corrected chi connectivity index (χ2v) is 7.58. The van der Waals surface area contributed by atoms with Crippen molar-refractivity contribution in [1.29, 1.82) is 0 Å². The summed E-state index contributed by atoms with van der Waals surface area (Å²) in [6.07, 6.45) is 4.00. The molecule has 3 rings (SSSR count). The lowest BCUT2D eigenvalue weighted by Crippen LogP contribution is -2.44. The minimum atomic E-state index is -0.0510. The first kappa shape index (κ1) is 21.2. The van der Waals surface area contributed by atoms with E-state index in [1.165, 1.54) is 5.56 Å². The molecule has 1 saturated heterocycles. The normalized spacial score (nSPS) is 15.1. The SMILES string of the molecule is CCCCOc1ccc(C(=O)NC2CCN(Cc3ccccc3)CC2)cc1OC. The lowest BCUT2D eigenvalue weighted by atomic mass is 10.0. The summed E-state index contributed by atoms with van der Waals surface area (Å²) in [4.78, 5) is 15.2. The molecule has 1 aliphatic rings. The van der Waals surface area contributed by atoms with E-state index in [4.69, 9.17) is 9.47 Å². The fourth-order valence-electron chi connectivity index (χ4n) is 3.60. The Morgan fingerprint density at radius 1 is 1.10 bits per heavy atom. The number of amides is 1. The molecule has 5 heteroatoms. The fraction of sp³-hybridized carbons (Fsp3) is 0.458. The van der Waals surface area contributed by atoms with Crippen LogP contribution in [-0.2, 0) is 6.54 Å². The van der Waals surface area contributed by atoms with Crippen LogP contribution in [0.4, 0.5) is 0 Å². The molecule has 0 saturated carbocycles. The van der Waals surface area contributed by atoms with Gasteiger partial charge in [0.05, 0.1) is 13.7 Å². The van der Waals surface area contributed by atoms with Crippen LogP contribution in [0, 0.1) is 0 Å². The van der Waals surface area contributed by atoms with Crippen molar-refractivity contribution >= 4 is 5.91 Å². The van der Waals surface area contributed by atoms with Gasteiger partial charge in [-0.3, -0.25) is 9.69 Å². The lowest BCUT2D eigenvalue weighted by molar-refractivity contribution is 0.0908. The molecule has 2 aromatic carbocycles. The summed E-state index contributed by atoms with van der Waals surface area (Å²) in [5.41, 5.74) is 1.94. The topological polar surface area (TPSA) is 50.8 Å². The van der Waals surface area contributed by atoms with Crippen LogP contribution in [0.1, 0.15) is 48.5 Å². The molecule has 1 fully saturated rings. The van der Waals surface area contributed by atoms with Crippen LogP contribution < -0.4 is 14.8 Å². The number of piperidine rings is 1. The van der Waals surface area contributed by atoms with E-state index in [1.54, 1.807) is 13.2 Å². The Balaban J connectivity index is 1.50. The molecule has 156 valence electrons. The molecule has 1 N–H and O–H groups in total. The molecule has 5 nitrogen and oxygen atoms in total. The molecule has 1 aliphatic heterocycles. The van der Waals surface area contributed by atoms with Crippen molar-refractivity contribution in [2.24, 2.45) is 0 Å². The minimum absolute atomic E-state index is 0.0510. The van der Waals surface area contributed by atoms with E-state index in [0.29, 0.717) is 23.7 Å². The Kier molecular flexibility index (Phi) is 7.94. The summed E-state index contributed by atoms with van der Waals surface area (Å²) < 4.78 is 11.2. The van der Waals surface area contributed by atoms with Crippen LogP contribution in [0.3, 0.4) is 0 Å². The van der Waals surface area contributed by atoms with Crippen molar-refractivity contribution in [2.75, 3.05) is 26.8 Å². The predicted octanol–water partition coefficient (Wildman–Crippen LogP) is 4.27. The number of benzene rings is 2. The molecule has 0 bridgehead atoms. The maximum Gasteiger partial charge on any atom is 0.251 e. The number of nitrogens with one attached hydrogen (secondary N) is 1. The van der Waals surface area contributed by atoms with E-state index < -0.39 is 0 Å². The number of hydrogen-bond donors (Lipinski definition) is 1. The molecule has 0 aromatic heterocycles. The number of likely N-dealkylation sites (tertiary alicyclic amines) is 1. The lowest BCUT2D eigenvalue weighted by Gasteiger charge is -2.32. The van der Waals surface area contributed by atoms with Gasteiger partial charge in [0.15, 0.2) is 11.5 Å². The highest BCUT2D eigenvalue weighted by Gasteiger charge is 2.21. The molecule has 1 amide bonds. The minimum Gasteiger partial charge on any atom is -0.493 e. The van der Waals surface area contributed by atoms with Gasteiger partial charge in [0.2, 0.25) is 0 Å². The second-order valence-electron chi connectivity index (χ2n) is 7.58. The van der Waals surface area contributed by atoms with Crippen molar-refractivity contribution in [3.05, 3.63) is 59.7 Å². The molecule has 29 heavy (non-hydrogen) atoms. The molecular formula is C24H32N2O3. The average molecular weight is 397 g/mol. The van der Waals surface area contributed by atoms with Crippen LogP contribution >= 0.6 is 0 Å². The van der Waals surface area contributed by atoms with Crippen molar-refractivity contribution in [2.45, 2.75) is 45.2 Å². The van der Waals surface area contributed by atoms with Gasteiger partial charge in [-0.25, -0.2) is 0 Å². The summed E-state index contributed by atoms with van der Waals surface area (Å²) in [5, 5.41) is 3.18. The Morgan fingerprint density at radius 3 is 2.55 bits per heavy atom. The molecular weight excluding hydrogens is 364 g/mol.